The third-order valence-corrected chi connectivity index (χ3v) is 6.18. The van der Waals surface area contributed by atoms with Gasteiger partial charge in [-0.1, -0.05) is 18.2 Å². The minimum atomic E-state index is -0.354. The minimum absolute atomic E-state index is 0.159. The van der Waals surface area contributed by atoms with E-state index in [9.17, 15) is 14.4 Å². The smallest absolute Gasteiger partial charge is 0.321 e. The van der Waals surface area contributed by atoms with E-state index in [1.165, 1.54) is 0 Å². The molecule has 1 aromatic heterocycles. The van der Waals surface area contributed by atoms with Crippen molar-refractivity contribution in [3.8, 4) is 0 Å². The Labute approximate surface area is 182 Å². The average molecular weight is 424 g/mol. The number of aromatic nitrogens is 1. The number of rotatable bonds is 6. The molecule has 7 nitrogen and oxygen atoms in total. The number of aryl methyl sites for hydroxylation is 1. The molecule has 2 aliphatic rings. The maximum absolute atomic E-state index is 12.6. The molecule has 0 atom stereocenters. The molecule has 2 heterocycles. The molecule has 1 aliphatic heterocycles. The van der Waals surface area contributed by atoms with Crippen LogP contribution in [0.1, 0.15) is 53.5 Å². The second kappa shape index (κ2) is 8.96. The first kappa shape index (κ1) is 21.2. The van der Waals surface area contributed by atoms with Gasteiger partial charge in [0.1, 0.15) is 0 Å². The number of likely N-dealkylation sites (tertiary alicyclic amines) is 1. The van der Waals surface area contributed by atoms with Crippen LogP contribution < -0.4 is 5.32 Å². The lowest BCUT2D eigenvalue weighted by Crippen LogP contribution is -2.42. The predicted octanol–water partition coefficient (Wildman–Crippen LogP) is 4.11. The van der Waals surface area contributed by atoms with Crippen molar-refractivity contribution in [2.75, 3.05) is 25.0 Å². The number of carbonyl (C=O) groups is 3. The van der Waals surface area contributed by atoms with Crippen molar-refractivity contribution in [1.29, 1.82) is 0 Å². The summed E-state index contributed by atoms with van der Waals surface area (Å²) in [6, 6.07) is 11.5. The molecule has 0 unspecified atom stereocenters. The molecule has 1 saturated heterocycles. The van der Waals surface area contributed by atoms with Crippen LogP contribution in [0.15, 0.2) is 36.4 Å². The Hall–Kier alpha value is -3.09. The number of hydrogen-bond donors (Lipinski definition) is 1. The molecule has 1 N–H and O–H groups in total. The largest absolute Gasteiger partial charge is 0.457 e. The molecular formula is C24H29N3O4. The Balaban J connectivity index is 1.24. The summed E-state index contributed by atoms with van der Waals surface area (Å²) < 4.78 is 7.57. The van der Waals surface area contributed by atoms with Gasteiger partial charge in [-0.25, -0.2) is 4.79 Å². The molecule has 1 saturated carbocycles. The molecule has 1 aliphatic carbocycles. The van der Waals surface area contributed by atoms with E-state index in [0.717, 1.165) is 29.9 Å². The average Bonchev–Trinajstić information content (AvgIpc) is 3.56. The van der Waals surface area contributed by atoms with Crippen LogP contribution in [-0.4, -0.2) is 46.9 Å². The standard InChI is InChI=1S/C24H29N3O4/c1-16-14-21(17(2)27(16)20-8-9-20)22(28)15-31-23(29)18-10-12-26(13-11-18)24(30)25-19-6-4-3-5-7-19/h3-7,14,18,20H,8-13,15H2,1-2H3,(H,25,30). The van der Waals surface area contributed by atoms with Crippen molar-refractivity contribution in [2.45, 2.75) is 45.6 Å². The van der Waals surface area contributed by atoms with E-state index in [0.29, 0.717) is 37.5 Å². The van der Waals surface area contributed by atoms with Gasteiger partial charge in [0, 0.05) is 41.8 Å². The molecule has 2 aromatic rings. The number of piperidine rings is 1. The summed E-state index contributed by atoms with van der Waals surface area (Å²) in [4.78, 5) is 39.2. The number of nitrogens with one attached hydrogen (secondary N) is 1. The van der Waals surface area contributed by atoms with Gasteiger partial charge in [-0.05, 0) is 57.7 Å². The van der Waals surface area contributed by atoms with Crippen LogP contribution in [0.3, 0.4) is 0 Å². The van der Waals surface area contributed by atoms with Gasteiger partial charge >= 0.3 is 12.0 Å². The van der Waals surface area contributed by atoms with Crippen LogP contribution in [0.4, 0.5) is 10.5 Å². The number of para-hydroxylation sites is 1. The highest BCUT2D eigenvalue weighted by Gasteiger charge is 2.30. The monoisotopic (exact) mass is 423 g/mol. The van der Waals surface area contributed by atoms with Gasteiger partial charge in [0.25, 0.3) is 0 Å². The summed E-state index contributed by atoms with van der Waals surface area (Å²) in [5.41, 5.74) is 3.42. The first-order chi connectivity index (χ1) is 14.9. The van der Waals surface area contributed by atoms with Gasteiger partial charge in [-0.15, -0.1) is 0 Å². The zero-order valence-electron chi connectivity index (χ0n) is 18.1. The van der Waals surface area contributed by atoms with Crippen molar-refractivity contribution in [3.05, 3.63) is 53.3 Å². The number of esters is 1. The van der Waals surface area contributed by atoms with Gasteiger partial charge in [0.15, 0.2) is 6.61 Å². The third-order valence-electron chi connectivity index (χ3n) is 6.18. The Morgan fingerprint density at radius 1 is 1.03 bits per heavy atom. The molecular weight excluding hydrogens is 394 g/mol. The number of benzene rings is 1. The lowest BCUT2D eigenvalue weighted by Gasteiger charge is -2.30. The highest BCUT2D eigenvalue weighted by Crippen LogP contribution is 2.38. The second-order valence-corrected chi connectivity index (χ2v) is 8.47. The number of nitrogens with zero attached hydrogens (tertiary/aromatic N) is 2. The van der Waals surface area contributed by atoms with Gasteiger partial charge < -0.3 is 19.5 Å². The van der Waals surface area contributed by atoms with Crippen LogP contribution in [-0.2, 0) is 9.53 Å². The molecule has 31 heavy (non-hydrogen) atoms. The topological polar surface area (TPSA) is 80.6 Å². The lowest BCUT2D eigenvalue weighted by atomic mass is 9.97. The van der Waals surface area contributed by atoms with Crippen LogP contribution in [0.2, 0.25) is 0 Å². The molecule has 0 bridgehead atoms. The van der Waals surface area contributed by atoms with Crippen LogP contribution >= 0.6 is 0 Å². The number of amides is 2. The maximum Gasteiger partial charge on any atom is 0.321 e. The van der Waals surface area contributed by atoms with E-state index in [2.05, 4.69) is 9.88 Å². The van der Waals surface area contributed by atoms with Crippen LogP contribution in [0, 0.1) is 19.8 Å². The van der Waals surface area contributed by atoms with E-state index >= 15 is 0 Å². The molecule has 0 radical (unpaired) electrons. The number of anilines is 1. The molecule has 2 amide bonds. The Morgan fingerprint density at radius 3 is 2.35 bits per heavy atom. The predicted molar refractivity (Wildman–Crippen MR) is 117 cm³/mol. The zero-order valence-corrected chi connectivity index (χ0v) is 18.1. The summed E-state index contributed by atoms with van der Waals surface area (Å²) in [6.45, 7) is 4.69. The molecule has 1 aromatic carbocycles. The quantitative estimate of drug-likeness (QED) is 0.560. The number of ether oxygens (including phenoxy) is 1. The third kappa shape index (κ3) is 4.81. The highest BCUT2D eigenvalue weighted by molar-refractivity contribution is 5.99. The summed E-state index contributed by atoms with van der Waals surface area (Å²) in [6.07, 6.45) is 3.37. The fourth-order valence-electron chi connectivity index (χ4n) is 4.33. The van der Waals surface area contributed by atoms with Crippen molar-refractivity contribution in [1.82, 2.24) is 9.47 Å². The Morgan fingerprint density at radius 2 is 1.71 bits per heavy atom. The Bertz CT molecular complexity index is 970. The first-order valence-corrected chi connectivity index (χ1v) is 10.9. The van der Waals surface area contributed by atoms with E-state index in [-0.39, 0.29) is 30.3 Å². The zero-order chi connectivity index (χ0) is 22.0. The van der Waals surface area contributed by atoms with Crippen molar-refractivity contribution in [2.24, 2.45) is 5.92 Å². The fraction of sp³-hybridized carbons (Fsp3) is 0.458. The van der Waals surface area contributed by atoms with Gasteiger partial charge in [0.05, 0.1) is 5.92 Å². The van der Waals surface area contributed by atoms with E-state index in [1.807, 2.05) is 50.2 Å². The Kier molecular flexibility index (Phi) is 6.11. The number of urea groups is 1. The summed E-state index contributed by atoms with van der Waals surface area (Å²) in [5, 5.41) is 2.86. The van der Waals surface area contributed by atoms with Gasteiger partial charge in [-0.2, -0.15) is 0 Å². The minimum Gasteiger partial charge on any atom is -0.457 e. The first-order valence-electron chi connectivity index (χ1n) is 10.9. The maximum atomic E-state index is 12.6. The summed E-state index contributed by atoms with van der Waals surface area (Å²) in [7, 11) is 0. The van der Waals surface area contributed by atoms with Crippen molar-refractivity contribution in [3.63, 3.8) is 0 Å². The SMILES string of the molecule is Cc1cc(C(=O)COC(=O)C2CCN(C(=O)Nc3ccccc3)CC2)c(C)n1C1CC1. The molecule has 7 heteroatoms. The molecule has 164 valence electrons. The number of ketones is 1. The van der Waals surface area contributed by atoms with E-state index < -0.39 is 0 Å². The van der Waals surface area contributed by atoms with Crippen LogP contribution in [0.25, 0.3) is 0 Å². The van der Waals surface area contributed by atoms with Crippen LogP contribution in [0.5, 0.6) is 0 Å². The molecule has 0 spiro atoms. The second-order valence-electron chi connectivity index (χ2n) is 8.47. The summed E-state index contributed by atoms with van der Waals surface area (Å²) >= 11 is 0. The number of hydrogen-bond acceptors (Lipinski definition) is 4. The normalized spacial score (nSPS) is 16.8. The molecule has 2 fully saturated rings. The summed E-state index contributed by atoms with van der Waals surface area (Å²) in [5.74, 6) is -0.798. The van der Waals surface area contributed by atoms with E-state index in [1.54, 1.807) is 4.90 Å². The number of carbonyl (C=O) groups excluding carboxylic acids is 3. The van der Waals surface area contributed by atoms with Crippen molar-refractivity contribution >= 4 is 23.5 Å². The van der Waals surface area contributed by atoms with Gasteiger partial charge in [0.2, 0.25) is 5.78 Å². The fourth-order valence-corrected chi connectivity index (χ4v) is 4.33. The highest BCUT2D eigenvalue weighted by atomic mass is 16.5. The van der Waals surface area contributed by atoms with E-state index in [4.69, 9.17) is 4.74 Å². The number of Topliss-reactive ketones (excluding diaryl/α,β-unsaturated/α-hetero) is 1. The van der Waals surface area contributed by atoms with Crippen molar-refractivity contribution < 1.29 is 19.1 Å². The van der Waals surface area contributed by atoms with Gasteiger partial charge in [-0.3, -0.25) is 9.59 Å². The lowest BCUT2D eigenvalue weighted by molar-refractivity contribution is -0.148. The molecule has 4 rings (SSSR count).